The molecule has 2 rings (SSSR count). The van der Waals surface area contributed by atoms with Gasteiger partial charge >= 0.3 is 6.09 Å². The number of rotatable bonds is 0. The van der Waals surface area contributed by atoms with Gasteiger partial charge in [0.15, 0.2) is 11.5 Å². The first-order valence-electron chi connectivity index (χ1n) is 3.65. The first-order valence-corrected chi connectivity index (χ1v) is 4.03. The molecule has 6 heteroatoms. The maximum absolute atomic E-state index is 12.9. The third-order valence-electron chi connectivity index (χ3n) is 1.81. The molecule has 4 nitrogen and oxygen atoms in total. The van der Waals surface area contributed by atoms with E-state index in [1.54, 1.807) is 0 Å². The van der Waals surface area contributed by atoms with Crippen molar-refractivity contribution in [2.24, 2.45) is 0 Å². The summed E-state index contributed by atoms with van der Waals surface area (Å²) in [6.07, 6.45) is 0.977. The summed E-state index contributed by atoms with van der Waals surface area (Å²) in [5.41, 5.74) is 0.129. The van der Waals surface area contributed by atoms with E-state index in [1.807, 2.05) is 0 Å². The second kappa shape index (κ2) is 2.95. The molecule has 0 bridgehead atoms. The molecule has 0 unspecified atom stereocenters. The summed E-state index contributed by atoms with van der Waals surface area (Å²) >= 11 is 5.62. The molecule has 72 valence electrons. The Morgan fingerprint density at radius 1 is 1.64 bits per heavy atom. The molecule has 1 N–H and O–H groups in total. The molecule has 0 fully saturated rings. The summed E-state index contributed by atoms with van der Waals surface area (Å²) in [5.74, 6) is -0.665. The highest BCUT2D eigenvalue weighted by Crippen LogP contribution is 2.24. The van der Waals surface area contributed by atoms with Crippen molar-refractivity contribution < 1.29 is 14.3 Å². The van der Waals surface area contributed by atoms with Crippen LogP contribution in [0, 0.1) is 5.82 Å². The fourth-order valence-corrected chi connectivity index (χ4v) is 1.38. The minimum atomic E-state index is -1.19. The van der Waals surface area contributed by atoms with Crippen molar-refractivity contribution in [3.8, 4) is 0 Å². The normalized spacial score (nSPS) is 10.7. The minimum absolute atomic E-state index is 0.116. The average molecular weight is 215 g/mol. The van der Waals surface area contributed by atoms with Gasteiger partial charge in [0.1, 0.15) is 0 Å². The summed E-state index contributed by atoms with van der Waals surface area (Å²) in [7, 11) is 0. The van der Waals surface area contributed by atoms with E-state index in [9.17, 15) is 9.18 Å². The highest BCUT2D eigenvalue weighted by molar-refractivity contribution is 6.35. The molecular weight excluding hydrogens is 211 g/mol. The monoisotopic (exact) mass is 214 g/mol. The van der Waals surface area contributed by atoms with Gasteiger partial charge in [-0.25, -0.2) is 18.7 Å². The van der Waals surface area contributed by atoms with Gasteiger partial charge in [0.05, 0.1) is 11.2 Å². The van der Waals surface area contributed by atoms with Crippen LogP contribution in [0.5, 0.6) is 0 Å². The summed E-state index contributed by atoms with van der Waals surface area (Å²) in [6, 6.07) is 1.40. The molecule has 0 radical (unpaired) electrons. The zero-order chi connectivity index (χ0) is 10.3. The first-order chi connectivity index (χ1) is 6.61. The molecular formula is C8H4ClFN2O2. The van der Waals surface area contributed by atoms with Gasteiger partial charge in [-0.2, -0.15) is 0 Å². The first kappa shape index (κ1) is 8.96. The minimum Gasteiger partial charge on any atom is -0.464 e. The van der Waals surface area contributed by atoms with E-state index in [-0.39, 0.29) is 16.1 Å². The van der Waals surface area contributed by atoms with Crippen LogP contribution < -0.4 is 0 Å². The number of nitrogens with zero attached hydrogens (tertiary/aromatic N) is 2. The molecule has 0 amide bonds. The van der Waals surface area contributed by atoms with E-state index >= 15 is 0 Å². The highest BCUT2D eigenvalue weighted by Gasteiger charge is 2.12. The zero-order valence-corrected chi connectivity index (χ0v) is 7.49. The van der Waals surface area contributed by atoms with Crippen LogP contribution in [0.1, 0.15) is 0 Å². The van der Waals surface area contributed by atoms with Crippen LogP contribution in [0.15, 0.2) is 18.5 Å². The molecule has 0 spiro atoms. The molecule has 0 aliphatic heterocycles. The van der Waals surface area contributed by atoms with Crippen molar-refractivity contribution in [3.63, 3.8) is 0 Å². The van der Waals surface area contributed by atoms with Gasteiger partial charge in [-0.3, -0.25) is 0 Å². The second-order valence-corrected chi connectivity index (χ2v) is 3.00. The van der Waals surface area contributed by atoms with Crippen LogP contribution in [-0.4, -0.2) is 20.8 Å². The number of pyridine rings is 1. The van der Waals surface area contributed by atoms with Crippen molar-refractivity contribution in [1.29, 1.82) is 0 Å². The summed E-state index contributed by atoms with van der Waals surface area (Å²) < 4.78 is 13.8. The lowest BCUT2D eigenvalue weighted by molar-refractivity contribution is 0.197. The fraction of sp³-hybridized carbons (Fsp3) is 0. The van der Waals surface area contributed by atoms with Gasteiger partial charge in [-0.15, -0.1) is 0 Å². The number of aromatic nitrogens is 2. The van der Waals surface area contributed by atoms with Gasteiger partial charge in [0, 0.05) is 11.6 Å². The van der Waals surface area contributed by atoms with Crippen LogP contribution in [0.2, 0.25) is 5.02 Å². The van der Waals surface area contributed by atoms with Crippen LogP contribution >= 0.6 is 11.6 Å². The van der Waals surface area contributed by atoms with Gasteiger partial charge in [-0.1, -0.05) is 11.6 Å². The zero-order valence-electron chi connectivity index (χ0n) is 6.74. The van der Waals surface area contributed by atoms with E-state index < -0.39 is 11.9 Å². The van der Waals surface area contributed by atoms with Crippen molar-refractivity contribution >= 4 is 28.7 Å². The Kier molecular flexibility index (Phi) is 1.89. The standard InChI is InChI=1S/C8H4ClFN2O2/c9-6-4-1-2-12(8(13)14)7(4)11-3-5(6)10/h1-3H,(H,13,14). The molecule has 0 aromatic carbocycles. The lowest BCUT2D eigenvalue weighted by atomic mass is 10.3. The third kappa shape index (κ3) is 1.13. The molecule has 0 aliphatic rings. The van der Waals surface area contributed by atoms with Crippen LogP contribution in [0.25, 0.3) is 11.0 Å². The SMILES string of the molecule is O=C(O)n1ccc2c(Cl)c(F)cnc21. The Morgan fingerprint density at radius 2 is 2.36 bits per heavy atom. The van der Waals surface area contributed by atoms with E-state index in [4.69, 9.17) is 16.7 Å². The molecule has 0 saturated carbocycles. The fourth-order valence-electron chi connectivity index (χ4n) is 1.18. The van der Waals surface area contributed by atoms with Gasteiger partial charge in [0.25, 0.3) is 0 Å². The van der Waals surface area contributed by atoms with E-state index in [2.05, 4.69) is 4.98 Å². The van der Waals surface area contributed by atoms with Crippen molar-refractivity contribution in [1.82, 2.24) is 9.55 Å². The number of hydrogen-bond acceptors (Lipinski definition) is 2. The maximum atomic E-state index is 12.9. The van der Waals surface area contributed by atoms with Crippen molar-refractivity contribution in [3.05, 3.63) is 29.3 Å². The van der Waals surface area contributed by atoms with Crippen molar-refractivity contribution in [2.75, 3.05) is 0 Å². The molecule has 2 heterocycles. The number of carboxylic acid groups (broad SMARTS) is 1. The van der Waals surface area contributed by atoms with E-state index in [1.165, 1.54) is 12.3 Å². The van der Waals surface area contributed by atoms with Crippen LogP contribution in [0.3, 0.4) is 0 Å². The number of fused-ring (bicyclic) bond motifs is 1. The maximum Gasteiger partial charge on any atom is 0.417 e. The van der Waals surface area contributed by atoms with Gasteiger partial charge in [0.2, 0.25) is 0 Å². The predicted molar refractivity (Wildman–Crippen MR) is 48.1 cm³/mol. The molecule has 0 atom stereocenters. The molecule has 0 aliphatic carbocycles. The topological polar surface area (TPSA) is 55.1 Å². The summed E-state index contributed by atoms with van der Waals surface area (Å²) in [5, 5.41) is 8.89. The Balaban J connectivity index is 2.83. The Labute approximate surface area is 82.5 Å². The summed E-state index contributed by atoms with van der Waals surface area (Å²) in [6.45, 7) is 0. The quantitative estimate of drug-likeness (QED) is 0.732. The van der Waals surface area contributed by atoms with Crippen molar-refractivity contribution in [2.45, 2.75) is 0 Å². The lowest BCUT2D eigenvalue weighted by Gasteiger charge is -1.98. The second-order valence-electron chi connectivity index (χ2n) is 2.63. The largest absolute Gasteiger partial charge is 0.464 e. The Morgan fingerprint density at radius 3 is 3.00 bits per heavy atom. The molecule has 2 aromatic rings. The lowest BCUT2D eigenvalue weighted by Crippen LogP contribution is -2.06. The molecule has 0 saturated heterocycles. The number of halogens is 2. The Bertz CT molecular complexity index is 523. The molecule has 14 heavy (non-hydrogen) atoms. The summed E-state index contributed by atoms with van der Waals surface area (Å²) in [4.78, 5) is 14.3. The number of hydrogen-bond donors (Lipinski definition) is 1. The predicted octanol–water partition coefficient (Wildman–Crippen LogP) is 2.35. The highest BCUT2D eigenvalue weighted by atomic mass is 35.5. The number of carbonyl (C=O) groups is 1. The van der Waals surface area contributed by atoms with Gasteiger partial charge in [-0.05, 0) is 6.07 Å². The molecule has 2 aromatic heterocycles. The van der Waals surface area contributed by atoms with Crippen LogP contribution in [-0.2, 0) is 0 Å². The average Bonchev–Trinajstić information content (AvgIpc) is 2.55. The van der Waals surface area contributed by atoms with E-state index in [0.29, 0.717) is 0 Å². The Hall–Kier alpha value is -1.62. The smallest absolute Gasteiger partial charge is 0.417 e. The van der Waals surface area contributed by atoms with Gasteiger partial charge < -0.3 is 5.11 Å². The van der Waals surface area contributed by atoms with Crippen LogP contribution in [0.4, 0.5) is 9.18 Å². The third-order valence-corrected chi connectivity index (χ3v) is 2.20. The van der Waals surface area contributed by atoms with E-state index in [0.717, 1.165) is 10.8 Å².